The number of thiazole rings is 1. The van der Waals surface area contributed by atoms with Gasteiger partial charge in [-0.3, -0.25) is 9.69 Å². The molecule has 1 atom stereocenters. The van der Waals surface area contributed by atoms with E-state index in [1.54, 1.807) is 33.5 Å². The summed E-state index contributed by atoms with van der Waals surface area (Å²) in [5.74, 6) is 0.904. The van der Waals surface area contributed by atoms with E-state index in [4.69, 9.17) is 9.72 Å². The van der Waals surface area contributed by atoms with Crippen LogP contribution in [0, 0.1) is 5.92 Å². The van der Waals surface area contributed by atoms with Crippen LogP contribution in [0.1, 0.15) is 37.0 Å². The summed E-state index contributed by atoms with van der Waals surface area (Å²) in [6, 6.07) is 12.0. The highest BCUT2D eigenvalue weighted by Crippen LogP contribution is 2.32. The Hall–Kier alpha value is -2.53. The van der Waals surface area contributed by atoms with Crippen LogP contribution in [0.2, 0.25) is 0 Å². The molecule has 1 aliphatic heterocycles. The van der Waals surface area contributed by atoms with Crippen molar-refractivity contribution >= 4 is 42.6 Å². The highest BCUT2D eigenvalue weighted by molar-refractivity contribution is 7.89. The minimum absolute atomic E-state index is 0.212. The van der Waals surface area contributed by atoms with Gasteiger partial charge in [0.2, 0.25) is 10.0 Å². The van der Waals surface area contributed by atoms with Gasteiger partial charge in [-0.1, -0.05) is 18.3 Å². The summed E-state index contributed by atoms with van der Waals surface area (Å²) in [5.41, 5.74) is 1.23. The fourth-order valence-electron chi connectivity index (χ4n) is 4.29. The number of carbonyl (C=O) groups excluding carboxylic acids is 1. The van der Waals surface area contributed by atoms with Gasteiger partial charge in [-0.05, 0) is 82.2 Å². The Labute approximate surface area is 217 Å². The number of sulfonamides is 1. The molecule has 4 rings (SSSR count). The smallest absolute Gasteiger partial charge is 0.260 e. The molecular formula is C26H34N4O4S2. The van der Waals surface area contributed by atoms with E-state index in [2.05, 4.69) is 6.92 Å². The molecular weight excluding hydrogens is 496 g/mol. The molecule has 1 saturated heterocycles. The number of fused-ring (bicyclic) bond motifs is 1. The number of hydrogen-bond acceptors (Lipinski definition) is 7. The van der Waals surface area contributed by atoms with Crippen molar-refractivity contribution in [2.45, 2.75) is 31.6 Å². The highest BCUT2D eigenvalue weighted by atomic mass is 32.2. The standard InChI is InChI=1S/C26H34N4O4S2/c1-5-34-21-10-13-23-24(17-21)35-26(27-23)30(16-15-28(3)4)25(31)20-8-11-22(12-9-20)36(32,33)29-14-6-7-19(2)18-29/h8-13,17,19H,5-7,14-16,18H2,1-4H3/t19-/m1/s1. The van der Waals surface area contributed by atoms with Gasteiger partial charge in [-0.25, -0.2) is 13.4 Å². The first-order valence-corrected chi connectivity index (χ1v) is 14.5. The zero-order chi connectivity index (χ0) is 25.9. The summed E-state index contributed by atoms with van der Waals surface area (Å²) in [4.78, 5) is 22.2. The van der Waals surface area contributed by atoms with E-state index in [0.29, 0.717) is 49.4 Å². The number of hydrogen-bond donors (Lipinski definition) is 0. The average Bonchev–Trinajstić information content (AvgIpc) is 3.27. The Bertz CT molecular complexity index is 1310. The maximum absolute atomic E-state index is 13.6. The van der Waals surface area contributed by atoms with Crippen LogP contribution in [-0.4, -0.2) is 75.4 Å². The molecule has 1 amide bonds. The zero-order valence-corrected chi connectivity index (χ0v) is 22.9. The third-order valence-electron chi connectivity index (χ3n) is 6.27. The molecule has 10 heteroatoms. The average molecular weight is 531 g/mol. The van der Waals surface area contributed by atoms with Crippen LogP contribution in [-0.2, 0) is 10.0 Å². The molecule has 8 nitrogen and oxygen atoms in total. The quantitative estimate of drug-likeness (QED) is 0.410. The predicted octanol–water partition coefficient (Wildman–Crippen LogP) is 4.32. The van der Waals surface area contributed by atoms with E-state index in [0.717, 1.165) is 28.8 Å². The Morgan fingerprint density at radius 3 is 2.58 bits per heavy atom. The number of rotatable bonds is 9. The number of carbonyl (C=O) groups is 1. The lowest BCUT2D eigenvalue weighted by Crippen LogP contribution is -2.39. The van der Waals surface area contributed by atoms with Crippen LogP contribution in [0.3, 0.4) is 0 Å². The Morgan fingerprint density at radius 1 is 1.17 bits per heavy atom. The van der Waals surface area contributed by atoms with Gasteiger partial charge >= 0.3 is 0 Å². The number of ether oxygens (including phenoxy) is 1. The number of nitrogens with zero attached hydrogens (tertiary/aromatic N) is 4. The molecule has 0 aliphatic carbocycles. The van der Waals surface area contributed by atoms with Crippen LogP contribution in [0.5, 0.6) is 5.75 Å². The summed E-state index contributed by atoms with van der Waals surface area (Å²) in [7, 11) is 0.332. The van der Waals surface area contributed by atoms with Gasteiger partial charge in [0.25, 0.3) is 5.91 Å². The molecule has 0 N–H and O–H groups in total. The molecule has 3 aromatic rings. The van der Waals surface area contributed by atoms with E-state index < -0.39 is 10.0 Å². The third kappa shape index (κ3) is 5.88. The van der Waals surface area contributed by atoms with E-state index in [-0.39, 0.29) is 10.8 Å². The molecule has 0 spiro atoms. The second-order valence-electron chi connectivity index (χ2n) is 9.45. The predicted molar refractivity (Wildman–Crippen MR) is 145 cm³/mol. The van der Waals surface area contributed by atoms with Gasteiger partial charge in [0.15, 0.2) is 5.13 Å². The topological polar surface area (TPSA) is 83.0 Å². The molecule has 0 saturated carbocycles. The van der Waals surface area contributed by atoms with Crippen molar-refractivity contribution in [3.63, 3.8) is 0 Å². The Morgan fingerprint density at radius 2 is 1.92 bits per heavy atom. The number of piperidine rings is 1. The number of likely N-dealkylation sites (N-methyl/N-ethyl adjacent to an activating group) is 1. The van der Waals surface area contributed by atoms with Crippen LogP contribution in [0.25, 0.3) is 10.2 Å². The van der Waals surface area contributed by atoms with E-state index in [9.17, 15) is 13.2 Å². The first kappa shape index (κ1) is 26.5. The second-order valence-corrected chi connectivity index (χ2v) is 12.4. The van der Waals surface area contributed by atoms with E-state index in [1.807, 2.05) is 44.1 Å². The van der Waals surface area contributed by atoms with Gasteiger partial charge in [-0.15, -0.1) is 0 Å². The van der Waals surface area contributed by atoms with Crippen LogP contribution in [0.15, 0.2) is 47.4 Å². The second kappa shape index (κ2) is 11.2. The van der Waals surface area contributed by atoms with Gasteiger partial charge in [0, 0.05) is 31.7 Å². The lowest BCUT2D eigenvalue weighted by molar-refractivity contribution is 0.0985. The maximum Gasteiger partial charge on any atom is 0.260 e. The summed E-state index contributed by atoms with van der Waals surface area (Å²) < 4.78 is 34.4. The first-order valence-electron chi connectivity index (χ1n) is 12.3. The van der Waals surface area contributed by atoms with Crippen molar-refractivity contribution in [3.05, 3.63) is 48.0 Å². The molecule has 2 heterocycles. The van der Waals surface area contributed by atoms with Crippen molar-refractivity contribution in [3.8, 4) is 5.75 Å². The van der Waals surface area contributed by atoms with Crippen molar-refractivity contribution < 1.29 is 17.9 Å². The normalized spacial score (nSPS) is 17.0. The Kier molecular flexibility index (Phi) is 8.29. The number of anilines is 1. The fourth-order valence-corrected chi connectivity index (χ4v) is 6.90. The molecule has 1 fully saturated rings. The SMILES string of the molecule is CCOc1ccc2nc(N(CCN(C)C)C(=O)c3ccc(S(=O)(=O)N4CCC[C@@H](C)C4)cc3)sc2c1. The summed E-state index contributed by atoms with van der Waals surface area (Å²) in [5, 5.41) is 0.601. The van der Waals surface area contributed by atoms with Gasteiger partial charge in [0.1, 0.15) is 5.75 Å². The number of amides is 1. The van der Waals surface area contributed by atoms with E-state index in [1.165, 1.54) is 11.3 Å². The fraction of sp³-hybridized carbons (Fsp3) is 0.462. The van der Waals surface area contributed by atoms with Gasteiger partial charge in [0.05, 0.1) is 21.7 Å². The van der Waals surface area contributed by atoms with Crippen LogP contribution in [0.4, 0.5) is 5.13 Å². The molecule has 0 radical (unpaired) electrons. The minimum Gasteiger partial charge on any atom is -0.494 e. The molecule has 36 heavy (non-hydrogen) atoms. The third-order valence-corrected chi connectivity index (χ3v) is 9.19. The van der Waals surface area contributed by atoms with Crippen LogP contribution < -0.4 is 9.64 Å². The number of benzene rings is 2. The lowest BCUT2D eigenvalue weighted by atomic mass is 10.0. The lowest BCUT2D eigenvalue weighted by Gasteiger charge is -2.30. The van der Waals surface area contributed by atoms with Crippen molar-refractivity contribution in [2.24, 2.45) is 5.92 Å². The van der Waals surface area contributed by atoms with Crippen molar-refractivity contribution in [1.29, 1.82) is 0 Å². The minimum atomic E-state index is -3.58. The first-order chi connectivity index (χ1) is 17.2. The molecule has 0 bridgehead atoms. The maximum atomic E-state index is 13.6. The zero-order valence-electron chi connectivity index (χ0n) is 21.3. The molecule has 2 aromatic carbocycles. The van der Waals surface area contributed by atoms with E-state index >= 15 is 0 Å². The monoisotopic (exact) mass is 530 g/mol. The largest absolute Gasteiger partial charge is 0.494 e. The highest BCUT2D eigenvalue weighted by Gasteiger charge is 2.29. The molecule has 194 valence electrons. The Balaban J connectivity index is 1.60. The number of aromatic nitrogens is 1. The van der Waals surface area contributed by atoms with Crippen LogP contribution >= 0.6 is 11.3 Å². The molecule has 0 unspecified atom stereocenters. The summed E-state index contributed by atoms with van der Waals surface area (Å²) in [6.45, 7) is 6.77. The molecule has 1 aromatic heterocycles. The summed E-state index contributed by atoms with van der Waals surface area (Å²) >= 11 is 1.44. The molecule has 1 aliphatic rings. The van der Waals surface area contributed by atoms with Crippen molar-refractivity contribution in [1.82, 2.24) is 14.2 Å². The summed E-state index contributed by atoms with van der Waals surface area (Å²) in [6.07, 6.45) is 1.91. The van der Waals surface area contributed by atoms with Gasteiger partial charge < -0.3 is 9.64 Å². The van der Waals surface area contributed by atoms with Crippen molar-refractivity contribution in [2.75, 3.05) is 51.8 Å². The van der Waals surface area contributed by atoms with Gasteiger partial charge in [-0.2, -0.15) is 4.31 Å².